The highest BCUT2D eigenvalue weighted by Crippen LogP contribution is 2.21. The minimum Gasteiger partial charge on any atom is -0.372 e. The van der Waals surface area contributed by atoms with Crippen LogP contribution in [0.2, 0.25) is 0 Å². The molecule has 0 saturated carbocycles. The first-order chi connectivity index (χ1) is 12.1. The van der Waals surface area contributed by atoms with Crippen LogP contribution in [-0.2, 0) is 6.42 Å². The molecule has 130 valence electrons. The van der Waals surface area contributed by atoms with Crippen molar-refractivity contribution in [2.24, 2.45) is 0 Å². The van der Waals surface area contributed by atoms with Crippen molar-refractivity contribution in [1.29, 1.82) is 0 Å². The second-order valence-corrected chi connectivity index (χ2v) is 6.44. The number of hydrogen-bond acceptors (Lipinski definition) is 4. The van der Waals surface area contributed by atoms with Crippen molar-refractivity contribution in [3.63, 3.8) is 0 Å². The highest BCUT2D eigenvalue weighted by molar-refractivity contribution is 5.96. The topological polar surface area (TPSA) is 63.4 Å². The Labute approximate surface area is 147 Å². The molecule has 0 aliphatic carbocycles. The Balaban J connectivity index is 1.56. The molecule has 1 saturated heterocycles. The molecule has 0 unspecified atom stereocenters. The summed E-state index contributed by atoms with van der Waals surface area (Å²) in [6.45, 7) is 2.18. The van der Waals surface area contributed by atoms with Crippen LogP contribution < -0.4 is 4.90 Å². The van der Waals surface area contributed by atoms with Gasteiger partial charge in [-0.1, -0.05) is 12.1 Å². The number of benzene rings is 2. The van der Waals surface area contributed by atoms with E-state index in [4.69, 9.17) is 0 Å². The molecule has 1 fully saturated rings. The van der Waals surface area contributed by atoms with E-state index >= 15 is 0 Å². The predicted molar refractivity (Wildman–Crippen MR) is 98.3 cm³/mol. The summed E-state index contributed by atoms with van der Waals surface area (Å²) in [5.41, 5.74) is 2.92. The monoisotopic (exact) mass is 338 g/mol. The second-order valence-electron chi connectivity index (χ2n) is 6.44. The summed E-state index contributed by atoms with van der Waals surface area (Å²) in [6, 6.07) is 14.3. The van der Waals surface area contributed by atoms with Gasteiger partial charge in [0.1, 0.15) is 0 Å². The largest absolute Gasteiger partial charge is 0.372 e. The number of anilines is 1. The van der Waals surface area contributed by atoms with Crippen LogP contribution >= 0.6 is 0 Å². The zero-order chi connectivity index (χ0) is 17.6. The number of hydrogen-bond donors (Lipinski definition) is 0. The second kappa shape index (κ2) is 7.92. The molecule has 0 aromatic heterocycles. The molecule has 0 atom stereocenters. The first-order valence-corrected chi connectivity index (χ1v) is 8.75. The van der Waals surface area contributed by atoms with E-state index in [9.17, 15) is 14.9 Å². The first-order valence-electron chi connectivity index (χ1n) is 8.75. The van der Waals surface area contributed by atoms with Crippen LogP contribution in [0.5, 0.6) is 0 Å². The third-order valence-corrected chi connectivity index (χ3v) is 4.70. The molecule has 1 heterocycles. The number of piperidine rings is 1. The van der Waals surface area contributed by atoms with E-state index in [1.54, 1.807) is 12.1 Å². The molecular formula is C20H22N2O3. The van der Waals surface area contributed by atoms with Crippen molar-refractivity contribution in [3.8, 4) is 0 Å². The Morgan fingerprint density at radius 3 is 2.20 bits per heavy atom. The quantitative estimate of drug-likeness (QED) is 0.445. The maximum absolute atomic E-state index is 12.4. The van der Waals surface area contributed by atoms with Gasteiger partial charge in [0.15, 0.2) is 5.78 Å². The molecule has 0 bridgehead atoms. The summed E-state index contributed by atoms with van der Waals surface area (Å²) in [7, 11) is 0. The highest BCUT2D eigenvalue weighted by atomic mass is 16.6. The Morgan fingerprint density at radius 2 is 1.60 bits per heavy atom. The van der Waals surface area contributed by atoms with Crippen LogP contribution in [0.25, 0.3) is 0 Å². The molecule has 0 spiro atoms. The van der Waals surface area contributed by atoms with Crippen molar-refractivity contribution in [1.82, 2.24) is 0 Å². The van der Waals surface area contributed by atoms with Gasteiger partial charge in [0.2, 0.25) is 0 Å². The number of rotatable bonds is 6. The molecule has 1 aliphatic heterocycles. The third-order valence-electron chi connectivity index (χ3n) is 4.70. The van der Waals surface area contributed by atoms with Gasteiger partial charge in [-0.2, -0.15) is 0 Å². The van der Waals surface area contributed by atoms with Crippen LogP contribution in [0.4, 0.5) is 11.4 Å². The average molecular weight is 338 g/mol. The maximum Gasteiger partial charge on any atom is 0.269 e. The molecular weight excluding hydrogens is 316 g/mol. The highest BCUT2D eigenvalue weighted by Gasteiger charge is 2.12. The van der Waals surface area contributed by atoms with E-state index in [-0.39, 0.29) is 11.5 Å². The van der Waals surface area contributed by atoms with Gasteiger partial charge < -0.3 is 4.90 Å². The smallest absolute Gasteiger partial charge is 0.269 e. The summed E-state index contributed by atoms with van der Waals surface area (Å²) >= 11 is 0. The Hall–Kier alpha value is -2.69. The van der Waals surface area contributed by atoms with Crippen LogP contribution in [0.15, 0.2) is 48.5 Å². The van der Waals surface area contributed by atoms with E-state index in [2.05, 4.69) is 4.90 Å². The normalized spacial score (nSPS) is 14.3. The fourth-order valence-electron chi connectivity index (χ4n) is 3.20. The van der Waals surface area contributed by atoms with Gasteiger partial charge in [0.25, 0.3) is 5.69 Å². The lowest BCUT2D eigenvalue weighted by Gasteiger charge is -2.28. The maximum atomic E-state index is 12.4. The SMILES string of the molecule is O=C(CCc1ccc([N+](=O)[O-])cc1)c1ccc(N2CCCCC2)cc1. The van der Waals surface area contributed by atoms with Crippen LogP contribution in [0.1, 0.15) is 41.6 Å². The zero-order valence-corrected chi connectivity index (χ0v) is 14.2. The van der Waals surface area contributed by atoms with E-state index in [1.165, 1.54) is 37.1 Å². The summed E-state index contributed by atoms with van der Waals surface area (Å²) in [4.78, 5) is 25.0. The lowest BCUT2D eigenvalue weighted by atomic mass is 10.0. The van der Waals surface area contributed by atoms with Gasteiger partial charge in [-0.3, -0.25) is 14.9 Å². The minimum atomic E-state index is -0.418. The number of carbonyl (C=O) groups is 1. The predicted octanol–water partition coefficient (Wildman–Crippen LogP) is 4.40. The molecule has 5 heteroatoms. The van der Waals surface area contributed by atoms with Crippen LogP contribution in [0, 0.1) is 10.1 Å². The Morgan fingerprint density at radius 1 is 0.960 bits per heavy atom. The lowest BCUT2D eigenvalue weighted by Crippen LogP contribution is -2.29. The summed E-state index contributed by atoms with van der Waals surface area (Å²) in [6.07, 6.45) is 4.76. The molecule has 2 aromatic carbocycles. The molecule has 3 rings (SSSR count). The van der Waals surface area contributed by atoms with Gasteiger partial charge in [-0.05, 0) is 55.5 Å². The van der Waals surface area contributed by atoms with Crippen LogP contribution in [-0.4, -0.2) is 23.8 Å². The first kappa shape index (κ1) is 17.1. The summed E-state index contributed by atoms with van der Waals surface area (Å²) < 4.78 is 0. The number of non-ortho nitro benzene ring substituents is 1. The average Bonchev–Trinajstić information content (AvgIpc) is 2.67. The molecule has 2 aromatic rings. The Kier molecular flexibility index (Phi) is 5.43. The fourth-order valence-corrected chi connectivity index (χ4v) is 3.20. The van der Waals surface area contributed by atoms with Crippen molar-refractivity contribution in [3.05, 3.63) is 69.8 Å². The number of nitro groups is 1. The Bertz CT molecular complexity index is 733. The van der Waals surface area contributed by atoms with Crippen molar-refractivity contribution in [2.45, 2.75) is 32.1 Å². The molecule has 0 amide bonds. The zero-order valence-electron chi connectivity index (χ0n) is 14.2. The van der Waals surface area contributed by atoms with Gasteiger partial charge >= 0.3 is 0 Å². The number of Topliss-reactive ketones (excluding diaryl/α,β-unsaturated/α-hetero) is 1. The molecule has 0 radical (unpaired) electrons. The molecule has 0 N–H and O–H groups in total. The molecule has 1 aliphatic rings. The number of ketones is 1. The minimum absolute atomic E-state index is 0.0726. The van der Waals surface area contributed by atoms with Crippen molar-refractivity contribution >= 4 is 17.2 Å². The number of nitro benzene ring substituents is 1. The van der Waals surface area contributed by atoms with Gasteiger partial charge in [-0.25, -0.2) is 0 Å². The lowest BCUT2D eigenvalue weighted by molar-refractivity contribution is -0.384. The van der Waals surface area contributed by atoms with Gasteiger partial charge in [0, 0.05) is 42.9 Å². The van der Waals surface area contributed by atoms with E-state index in [0.29, 0.717) is 12.8 Å². The summed E-state index contributed by atoms with van der Waals surface area (Å²) in [5, 5.41) is 10.7. The van der Waals surface area contributed by atoms with Crippen molar-refractivity contribution < 1.29 is 9.72 Å². The van der Waals surface area contributed by atoms with E-state index in [0.717, 1.165) is 24.2 Å². The van der Waals surface area contributed by atoms with Crippen molar-refractivity contribution in [2.75, 3.05) is 18.0 Å². The number of carbonyl (C=O) groups excluding carboxylic acids is 1. The fraction of sp³-hybridized carbons (Fsp3) is 0.350. The molecule has 25 heavy (non-hydrogen) atoms. The number of aryl methyl sites for hydroxylation is 1. The van der Waals surface area contributed by atoms with E-state index < -0.39 is 4.92 Å². The van der Waals surface area contributed by atoms with Gasteiger partial charge in [0.05, 0.1) is 4.92 Å². The molecule has 5 nitrogen and oxygen atoms in total. The van der Waals surface area contributed by atoms with Crippen LogP contribution in [0.3, 0.4) is 0 Å². The summed E-state index contributed by atoms with van der Waals surface area (Å²) in [5.74, 6) is 0.101. The third kappa shape index (κ3) is 4.44. The number of nitrogens with zero attached hydrogens (tertiary/aromatic N) is 2. The standard InChI is InChI=1S/C20H22N2O3/c23-20(13-6-16-4-9-19(10-5-16)22(24)25)17-7-11-18(12-8-17)21-14-2-1-3-15-21/h4-5,7-12H,1-3,6,13-15H2. The van der Waals surface area contributed by atoms with E-state index in [1.807, 2.05) is 24.3 Å². The van der Waals surface area contributed by atoms with Gasteiger partial charge in [-0.15, -0.1) is 0 Å².